The summed E-state index contributed by atoms with van der Waals surface area (Å²) in [5, 5.41) is 4.64. The summed E-state index contributed by atoms with van der Waals surface area (Å²) in [6.07, 6.45) is 2.69. The summed E-state index contributed by atoms with van der Waals surface area (Å²) >= 11 is 5.92. The molecule has 0 saturated carbocycles. The van der Waals surface area contributed by atoms with Gasteiger partial charge in [-0.25, -0.2) is 4.79 Å². The molecular weight excluding hydrogens is 416 g/mol. The maximum absolute atomic E-state index is 13.1. The van der Waals surface area contributed by atoms with E-state index in [0.717, 1.165) is 28.5 Å². The molecule has 1 saturated heterocycles. The van der Waals surface area contributed by atoms with Crippen molar-refractivity contribution < 1.29 is 4.79 Å². The largest absolute Gasteiger partial charge is 0.351 e. The van der Waals surface area contributed by atoms with Crippen molar-refractivity contribution in [2.45, 2.75) is 19.3 Å². The van der Waals surface area contributed by atoms with Crippen molar-refractivity contribution in [1.82, 2.24) is 19.2 Å². The lowest BCUT2D eigenvalue weighted by molar-refractivity contribution is 0.0679. The highest BCUT2D eigenvalue weighted by Gasteiger charge is 2.28. The summed E-state index contributed by atoms with van der Waals surface area (Å²) in [4.78, 5) is 39.9. The summed E-state index contributed by atoms with van der Waals surface area (Å²) in [5.74, 6) is 0.0479. The molecule has 4 rings (SSSR count). The minimum atomic E-state index is -0.688. The molecule has 1 amide bonds. The summed E-state index contributed by atoms with van der Waals surface area (Å²) in [6.45, 7) is 1.11. The number of halogens is 1. The van der Waals surface area contributed by atoms with Crippen molar-refractivity contribution in [2.24, 2.45) is 13.0 Å². The van der Waals surface area contributed by atoms with Crippen LogP contribution in [-0.4, -0.2) is 38.2 Å². The minimum absolute atomic E-state index is 0.251. The molecule has 7 nitrogen and oxygen atoms in total. The van der Waals surface area contributed by atoms with E-state index in [-0.39, 0.29) is 5.69 Å². The number of hydrogen-bond donors (Lipinski definition) is 0. The number of amides is 1. The van der Waals surface area contributed by atoms with Crippen LogP contribution < -0.4 is 11.2 Å². The van der Waals surface area contributed by atoms with Gasteiger partial charge >= 0.3 is 5.69 Å². The molecule has 1 aromatic heterocycles. The number of hydrogen-bond acceptors (Lipinski definition) is 4. The number of rotatable bonds is 4. The van der Waals surface area contributed by atoms with Crippen LogP contribution in [0, 0.1) is 5.92 Å². The van der Waals surface area contributed by atoms with Gasteiger partial charge in [0.25, 0.3) is 11.5 Å². The normalized spacial score (nSPS) is 14.6. The van der Waals surface area contributed by atoms with Crippen molar-refractivity contribution >= 4 is 17.5 Å². The maximum atomic E-state index is 13.1. The van der Waals surface area contributed by atoms with Gasteiger partial charge in [-0.2, -0.15) is 9.78 Å². The first-order valence-corrected chi connectivity index (χ1v) is 10.6. The molecule has 3 aromatic rings. The molecular formula is C23H23ClN4O3. The topological polar surface area (TPSA) is 77.2 Å². The quantitative estimate of drug-likeness (QED) is 0.627. The molecule has 2 heterocycles. The molecule has 0 N–H and O–H groups in total. The van der Waals surface area contributed by atoms with E-state index in [1.54, 1.807) is 29.2 Å². The molecule has 0 aliphatic carbocycles. The van der Waals surface area contributed by atoms with Gasteiger partial charge < -0.3 is 4.90 Å². The van der Waals surface area contributed by atoms with E-state index in [1.165, 1.54) is 12.6 Å². The first kappa shape index (κ1) is 21.1. The number of aromatic nitrogens is 3. The molecule has 0 bridgehead atoms. The number of carbonyl (C=O) groups excluding carboxylic acids is 1. The fourth-order valence-corrected chi connectivity index (χ4v) is 4.02. The lowest BCUT2D eigenvalue weighted by Crippen LogP contribution is -2.47. The smallest absolute Gasteiger partial charge is 0.337 e. The second kappa shape index (κ2) is 8.89. The Morgan fingerprint density at radius 2 is 1.68 bits per heavy atom. The van der Waals surface area contributed by atoms with Gasteiger partial charge in [0.05, 0.1) is 5.69 Å². The van der Waals surface area contributed by atoms with Crippen LogP contribution in [0.3, 0.4) is 0 Å². The summed E-state index contributed by atoms with van der Waals surface area (Å²) in [5.41, 5.74) is 0.161. The first-order chi connectivity index (χ1) is 14.9. The van der Waals surface area contributed by atoms with Crippen LogP contribution in [0.5, 0.6) is 0 Å². The third-order valence-corrected chi connectivity index (χ3v) is 5.97. The Bertz CT molecular complexity index is 1190. The maximum Gasteiger partial charge on any atom is 0.351 e. The number of piperidine rings is 1. The van der Waals surface area contributed by atoms with Gasteiger partial charge in [0.15, 0.2) is 0 Å². The Morgan fingerprint density at radius 1 is 1.03 bits per heavy atom. The predicted octanol–water partition coefficient (Wildman–Crippen LogP) is 2.68. The molecule has 1 fully saturated rings. The third kappa shape index (κ3) is 4.46. The van der Waals surface area contributed by atoms with Crippen LogP contribution in [0.25, 0.3) is 5.69 Å². The fourth-order valence-electron chi connectivity index (χ4n) is 3.90. The van der Waals surface area contributed by atoms with Crippen LogP contribution in [0.1, 0.15) is 28.9 Å². The van der Waals surface area contributed by atoms with E-state index >= 15 is 0 Å². The van der Waals surface area contributed by atoms with Crippen molar-refractivity contribution in [3.05, 3.63) is 91.7 Å². The van der Waals surface area contributed by atoms with Gasteiger partial charge in [-0.3, -0.25) is 14.2 Å². The average Bonchev–Trinajstić information content (AvgIpc) is 2.79. The summed E-state index contributed by atoms with van der Waals surface area (Å²) < 4.78 is 1.98. The van der Waals surface area contributed by atoms with Gasteiger partial charge in [-0.05, 0) is 55.0 Å². The predicted molar refractivity (Wildman–Crippen MR) is 119 cm³/mol. The zero-order valence-corrected chi connectivity index (χ0v) is 18.0. The van der Waals surface area contributed by atoms with Gasteiger partial charge in [-0.1, -0.05) is 41.9 Å². The zero-order chi connectivity index (χ0) is 22.0. The number of carbonyl (C=O) groups is 1. The van der Waals surface area contributed by atoms with Gasteiger partial charge in [-0.15, -0.1) is 0 Å². The Kier molecular flexibility index (Phi) is 6.04. The van der Waals surface area contributed by atoms with E-state index in [4.69, 9.17) is 11.6 Å². The number of nitrogens with zero attached hydrogens (tertiary/aromatic N) is 4. The van der Waals surface area contributed by atoms with Crippen molar-refractivity contribution in [2.75, 3.05) is 13.1 Å². The van der Waals surface area contributed by atoms with Gasteiger partial charge in [0, 0.05) is 25.2 Å². The average molecular weight is 439 g/mol. The van der Waals surface area contributed by atoms with E-state index < -0.39 is 17.2 Å². The molecule has 31 heavy (non-hydrogen) atoms. The van der Waals surface area contributed by atoms with Crippen LogP contribution in [0.4, 0.5) is 0 Å². The third-order valence-electron chi connectivity index (χ3n) is 5.72. The number of likely N-dealkylation sites (tertiary alicyclic amines) is 1. The monoisotopic (exact) mass is 438 g/mol. The van der Waals surface area contributed by atoms with Crippen LogP contribution >= 0.6 is 11.6 Å². The summed E-state index contributed by atoms with van der Waals surface area (Å²) in [7, 11) is 1.35. The van der Waals surface area contributed by atoms with E-state index in [1.807, 2.05) is 18.2 Å². The lowest BCUT2D eigenvalue weighted by atomic mass is 9.90. The van der Waals surface area contributed by atoms with Crippen LogP contribution in [-0.2, 0) is 13.5 Å². The molecule has 8 heteroatoms. The molecule has 2 aromatic carbocycles. The Hall–Kier alpha value is -3.19. The Balaban J connectivity index is 1.54. The lowest BCUT2D eigenvalue weighted by Gasteiger charge is -2.31. The molecule has 0 spiro atoms. The molecule has 0 radical (unpaired) electrons. The first-order valence-electron chi connectivity index (χ1n) is 10.2. The molecule has 1 aliphatic heterocycles. The van der Waals surface area contributed by atoms with Crippen LogP contribution in [0.2, 0.25) is 5.02 Å². The van der Waals surface area contributed by atoms with Crippen molar-refractivity contribution in [3.8, 4) is 5.69 Å². The standard InChI is InChI=1S/C23H23ClN4O3/c1-26-21(29)20(25-28(23(26)31)19-9-7-18(24)8-10-19)22(30)27-13-11-17(12-14-27)15-16-5-3-2-4-6-16/h2-10,17H,11-15H2,1H3. The molecule has 1 aliphatic rings. The zero-order valence-electron chi connectivity index (χ0n) is 17.2. The highest BCUT2D eigenvalue weighted by molar-refractivity contribution is 6.30. The van der Waals surface area contributed by atoms with Gasteiger partial charge in [0.2, 0.25) is 5.69 Å². The highest BCUT2D eigenvalue weighted by Crippen LogP contribution is 2.22. The fraction of sp³-hybridized carbons (Fsp3) is 0.304. The summed E-state index contributed by atoms with van der Waals surface area (Å²) in [6, 6.07) is 16.8. The van der Waals surface area contributed by atoms with E-state index in [2.05, 4.69) is 17.2 Å². The highest BCUT2D eigenvalue weighted by atomic mass is 35.5. The van der Waals surface area contributed by atoms with Crippen LogP contribution in [0.15, 0.2) is 64.2 Å². The second-order valence-corrected chi connectivity index (χ2v) is 8.25. The minimum Gasteiger partial charge on any atom is -0.337 e. The van der Waals surface area contributed by atoms with Crippen molar-refractivity contribution in [1.29, 1.82) is 0 Å². The SMILES string of the molecule is Cn1c(=O)c(C(=O)N2CCC(Cc3ccccc3)CC2)nn(-c2ccc(Cl)cc2)c1=O. The van der Waals surface area contributed by atoms with Gasteiger partial charge in [0.1, 0.15) is 0 Å². The number of benzene rings is 2. The molecule has 160 valence electrons. The Morgan fingerprint density at radius 3 is 2.32 bits per heavy atom. The van der Waals surface area contributed by atoms with Crippen molar-refractivity contribution in [3.63, 3.8) is 0 Å². The second-order valence-electron chi connectivity index (χ2n) is 7.81. The Labute approximate surface area is 184 Å². The van der Waals surface area contributed by atoms with E-state index in [9.17, 15) is 14.4 Å². The molecule has 0 atom stereocenters. The molecule has 0 unspecified atom stereocenters. The van der Waals surface area contributed by atoms with E-state index in [0.29, 0.717) is 29.7 Å².